The number of carbonyl (C=O) groups is 2. The Balaban J connectivity index is 1.60. The highest BCUT2D eigenvalue weighted by Crippen LogP contribution is 2.42. The zero-order valence-electron chi connectivity index (χ0n) is 25.0. The first kappa shape index (κ1) is 31.3. The van der Waals surface area contributed by atoms with E-state index in [9.17, 15) is 14.7 Å². The molecule has 0 aliphatic carbocycles. The summed E-state index contributed by atoms with van der Waals surface area (Å²) in [7, 11) is 3.28. The first-order valence-electron chi connectivity index (χ1n) is 14.8. The molecule has 0 spiro atoms. The van der Waals surface area contributed by atoms with Crippen LogP contribution in [0.2, 0.25) is 0 Å². The number of amides is 1. The zero-order valence-corrected chi connectivity index (χ0v) is 25.0. The Bertz CT molecular complexity index is 1230. The Hall–Kier alpha value is -3.68. The van der Waals surface area contributed by atoms with E-state index in [0.29, 0.717) is 25.8 Å². The fourth-order valence-corrected chi connectivity index (χ4v) is 5.80. The summed E-state index contributed by atoms with van der Waals surface area (Å²) in [5.41, 5.74) is 1.80. The molecule has 0 saturated carbocycles. The van der Waals surface area contributed by atoms with E-state index >= 15 is 0 Å². The monoisotopic (exact) mass is 573 g/mol. The average molecular weight is 574 g/mol. The second kappa shape index (κ2) is 15.0. The zero-order chi connectivity index (χ0) is 30.0. The van der Waals surface area contributed by atoms with E-state index in [0.717, 1.165) is 53.9 Å². The number of hydrogen-bond donors (Lipinski definition) is 1. The maximum Gasteiger partial charge on any atom is 0.222 e. The van der Waals surface area contributed by atoms with Crippen molar-refractivity contribution in [2.24, 2.45) is 0 Å². The number of carbonyl (C=O) groups excluding carboxylic acids is 2. The van der Waals surface area contributed by atoms with Crippen molar-refractivity contribution in [3.8, 4) is 11.5 Å². The molecule has 0 unspecified atom stereocenters. The van der Waals surface area contributed by atoms with Crippen LogP contribution >= 0.6 is 0 Å². The Morgan fingerprint density at radius 1 is 0.786 bits per heavy atom. The Kier molecular flexibility index (Phi) is 11.2. The summed E-state index contributed by atoms with van der Waals surface area (Å²) >= 11 is 0. The summed E-state index contributed by atoms with van der Waals surface area (Å²) in [6.45, 7) is 2.16. The van der Waals surface area contributed by atoms with Crippen LogP contribution in [0.15, 0.2) is 78.9 Å². The smallest absolute Gasteiger partial charge is 0.222 e. The molecule has 3 aromatic carbocycles. The number of rotatable bonds is 15. The van der Waals surface area contributed by atoms with Crippen LogP contribution in [0.3, 0.4) is 0 Å². The summed E-state index contributed by atoms with van der Waals surface area (Å²) in [5.74, 6) is 1.72. The van der Waals surface area contributed by atoms with Crippen molar-refractivity contribution in [3.05, 3.63) is 95.6 Å². The quantitative estimate of drug-likeness (QED) is 0.180. The molecule has 224 valence electrons. The molecule has 1 fully saturated rings. The number of nitrogens with zero attached hydrogens (tertiary/aromatic N) is 1. The Morgan fingerprint density at radius 3 is 1.83 bits per heavy atom. The lowest BCUT2D eigenvalue weighted by Crippen LogP contribution is -2.42. The normalized spacial score (nSPS) is 16.8. The van der Waals surface area contributed by atoms with Gasteiger partial charge in [-0.05, 0) is 67.1 Å². The molecular formula is C35H43NO6. The van der Waals surface area contributed by atoms with Crippen LogP contribution in [-0.4, -0.2) is 61.2 Å². The number of unbranched alkanes of at least 4 members (excludes halogenated alkanes) is 3. The van der Waals surface area contributed by atoms with Gasteiger partial charge in [-0.1, -0.05) is 67.4 Å². The third kappa shape index (κ3) is 7.58. The van der Waals surface area contributed by atoms with E-state index in [1.54, 1.807) is 26.0 Å². The number of methoxy groups -OCH3 is 2. The number of ketones is 1. The van der Waals surface area contributed by atoms with E-state index in [1.807, 2.05) is 78.9 Å². The first-order valence-corrected chi connectivity index (χ1v) is 14.8. The minimum absolute atomic E-state index is 0.0333. The highest BCUT2D eigenvalue weighted by molar-refractivity contribution is 5.77. The summed E-state index contributed by atoms with van der Waals surface area (Å²) in [6.07, 6.45) is 4.35. The molecule has 1 aliphatic rings. The SMILES string of the molecule is COc1ccc(C(OC[C@H]2C[C@H](O)CN2C(=O)CCCCCCC(C)=O)(c2ccccc2)c2ccc(OC)cc2)cc1. The molecule has 0 aromatic heterocycles. The molecule has 1 saturated heterocycles. The van der Waals surface area contributed by atoms with Crippen molar-refractivity contribution in [2.75, 3.05) is 27.4 Å². The molecule has 3 aromatic rings. The molecule has 0 radical (unpaired) electrons. The molecule has 1 N–H and O–H groups in total. The van der Waals surface area contributed by atoms with Crippen LogP contribution in [0.4, 0.5) is 0 Å². The van der Waals surface area contributed by atoms with Gasteiger partial charge in [-0.25, -0.2) is 0 Å². The lowest BCUT2D eigenvalue weighted by atomic mass is 9.80. The fraction of sp³-hybridized carbons (Fsp3) is 0.429. The predicted molar refractivity (Wildman–Crippen MR) is 163 cm³/mol. The predicted octanol–water partition coefficient (Wildman–Crippen LogP) is 5.90. The maximum absolute atomic E-state index is 13.3. The lowest BCUT2D eigenvalue weighted by Gasteiger charge is -2.38. The number of ether oxygens (including phenoxy) is 3. The summed E-state index contributed by atoms with van der Waals surface area (Å²) in [4.78, 5) is 26.3. The van der Waals surface area contributed by atoms with Crippen LogP contribution in [0.1, 0.15) is 68.6 Å². The number of aliphatic hydroxyl groups is 1. The molecule has 7 heteroatoms. The van der Waals surface area contributed by atoms with E-state index in [2.05, 4.69) is 0 Å². The molecule has 1 heterocycles. The van der Waals surface area contributed by atoms with Crippen molar-refractivity contribution in [2.45, 2.75) is 69.6 Å². The number of likely N-dealkylation sites (tertiary alicyclic amines) is 1. The highest BCUT2D eigenvalue weighted by atomic mass is 16.5. The van der Waals surface area contributed by atoms with Gasteiger partial charge in [0.05, 0.1) is 33.0 Å². The van der Waals surface area contributed by atoms with Gasteiger partial charge in [-0.2, -0.15) is 0 Å². The van der Waals surface area contributed by atoms with Gasteiger partial charge < -0.3 is 29.0 Å². The van der Waals surface area contributed by atoms with E-state index in [-0.39, 0.29) is 24.3 Å². The largest absolute Gasteiger partial charge is 0.497 e. The van der Waals surface area contributed by atoms with Gasteiger partial charge >= 0.3 is 0 Å². The van der Waals surface area contributed by atoms with Crippen LogP contribution in [0.25, 0.3) is 0 Å². The summed E-state index contributed by atoms with van der Waals surface area (Å²) in [5, 5.41) is 10.6. The van der Waals surface area contributed by atoms with Gasteiger partial charge in [-0.3, -0.25) is 4.79 Å². The topological polar surface area (TPSA) is 85.3 Å². The van der Waals surface area contributed by atoms with Crippen molar-refractivity contribution >= 4 is 11.7 Å². The first-order chi connectivity index (χ1) is 20.4. The number of aliphatic hydroxyl groups excluding tert-OH is 1. The molecule has 1 amide bonds. The van der Waals surface area contributed by atoms with Crippen molar-refractivity contribution in [1.29, 1.82) is 0 Å². The van der Waals surface area contributed by atoms with Crippen LogP contribution in [-0.2, 0) is 19.9 Å². The number of benzene rings is 3. The molecule has 42 heavy (non-hydrogen) atoms. The van der Waals surface area contributed by atoms with Crippen molar-refractivity contribution in [3.63, 3.8) is 0 Å². The Labute approximate surface area is 249 Å². The second-order valence-corrected chi connectivity index (χ2v) is 11.0. The fourth-order valence-electron chi connectivity index (χ4n) is 5.80. The maximum atomic E-state index is 13.3. The van der Waals surface area contributed by atoms with Crippen LogP contribution in [0, 0.1) is 0 Å². The number of β-amino-alcohol motifs (C(OH)–C–C–N with tert-alkyl or cyclic N) is 1. The highest BCUT2D eigenvalue weighted by Gasteiger charge is 2.41. The van der Waals surface area contributed by atoms with Gasteiger partial charge in [0.2, 0.25) is 5.91 Å². The molecule has 1 aliphatic heterocycles. The second-order valence-electron chi connectivity index (χ2n) is 11.0. The van der Waals surface area contributed by atoms with Gasteiger partial charge in [0.25, 0.3) is 0 Å². The standard InChI is InChI=1S/C35H43NO6/c1-26(37)11-7-4-5-10-14-34(39)36-24-31(38)23-30(36)25-42-35(27-12-8-6-9-13-27,28-15-19-32(40-2)20-16-28)29-17-21-33(41-3)22-18-29/h6,8-9,12-13,15-22,30-31,38H,4-5,7,10-11,14,23-25H2,1-3H3/t30-,31+/m1/s1. The molecular weight excluding hydrogens is 530 g/mol. The van der Waals surface area contributed by atoms with Gasteiger partial charge in [0.1, 0.15) is 22.9 Å². The van der Waals surface area contributed by atoms with Gasteiger partial charge in [0.15, 0.2) is 0 Å². The van der Waals surface area contributed by atoms with Gasteiger partial charge in [0, 0.05) is 19.4 Å². The molecule has 0 bridgehead atoms. The van der Waals surface area contributed by atoms with Gasteiger partial charge in [-0.15, -0.1) is 0 Å². The van der Waals surface area contributed by atoms with Crippen LogP contribution in [0.5, 0.6) is 11.5 Å². The minimum atomic E-state index is -0.987. The average Bonchev–Trinajstić information content (AvgIpc) is 3.40. The third-order valence-corrected chi connectivity index (χ3v) is 8.05. The van der Waals surface area contributed by atoms with Crippen LogP contribution < -0.4 is 9.47 Å². The van der Waals surface area contributed by atoms with Crippen molar-refractivity contribution in [1.82, 2.24) is 4.90 Å². The lowest BCUT2D eigenvalue weighted by molar-refractivity contribution is -0.134. The van der Waals surface area contributed by atoms with E-state index in [4.69, 9.17) is 14.2 Å². The number of hydrogen-bond acceptors (Lipinski definition) is 6. The minimum Gasteiger partial charge on any atom is -0.497 e. The Morgan fingerprint density at radius 2 is 1.31 bits per heavy atom. The number of Topliss-reactive ketones (excluding diaryl/α,β-unsaturated/α-hetero) is 1. The van der Waals surface area contributed by atoms with Crippen molar-refractivity contribution < 1.29 is 28.9 Å². The molecule has 7 nitrogen and oxygen atoms in total. The molecule has 2 atom stereocenters. The summed E-state index contributed by atoms with van der Waals surface area (Å²) < 4.78 is 17.9. The summed E-state index contributed by atoms with van der Waals surface area (Å²) in [6, 6.07) is 25.5. The third-order valence-electron chi connectivity index (χ3n) is 8.05. The van der Waals surface area contributed by atoms with E-state index < -0.39 is 11.7 Å². The van der Waals surface area contributed by atoms with E-state index in [1.165, 1.54) is 0 Å². The molecule has 4 rings (SSSR count).